The minimum absolute atomic E-state index is 0. The van der Waals surface area contributed by atoms with E-state index in [1.165, 1.54) is 18.4 Å². The monoisotopic (exact) mass is 444 g/mol. The molecule has 158 valence electrons. The van der Waals surface area contributed by atoms with Gasteiger partial charge >= 0.3 is 33.9 Å². The third-order valence-electron chi connectivity index (χ3n) is 5.53. The molecule has 0 heterocycles. The number of hydrogen-bond donors (Lipinski definition) is 0. The Bertz CT molecular complexity index is 724. The van der Waals surface area contributed by atoms with Gasteiger partial charge in [-0.15, -0.1) is 0 Å². The first-order chi connectivity index (χ1) is 14.1. The molecule has 0 spiro atoms. The molecule has 3 rings (SSSR count). The van der Waals surface area contributed by atoms with Crippen LogP contribution >= 0.6 is 0 Å². The van der Waals surface area contributed by atoms with Gasteiger partial charge in [-0.3, -0.25) is 0 Å². The second-order valence-electron chi connectivity index (χ2n) is 7.58. The molecule has 0 radical (unpaired) electrons. The molecule has 0 saturated heterocycles. The maximum absolute atomic E-state index is 7.50. The zero-order valence-electron chi connectivity index (χ0n) is 17.7. The van der Waals surface area contributed by atoms with Crippen molar-refractivity contribution < 1.29 is 36.1 Å². The Morgan fingerprint density at radius 1 is 0.800 bits per heavy atom. The molecule has 3 atom stereocenters. The molecule has 0 N–H and O–H groups in total. The van der Waals surface area contributed by atoms with Crippen molar-refractivity contribution in [2.45, 2.75) is 51.6 Å². The van der Waals surface area contributed by atoms with Crippen molar-refractivity contribution in [2.75, 3.05) is 0 Å². The van der Waals surface area contributed by atoms with Gasteiger partial charge < -0.3 is 4.74 Å². The Hall–Kier alpha value is -2.01. The summed E-state index contributed by atoms with van der Waals surface area (Å²) >= 11 is 0. The van der Waals surface area contributed by atoms with Crippen molar-refractivity contribution in [2.24, 2.45) is 11.8 Å². The molecule has 1 aliphatic rings. The van der Waals surface area contributed by atoms with Crippen LogP contribution in [0, 0.1) is 31.8 Å². The third kappa shape index (κ3) is 8.78. The van der Waals surface area contributed by atoms with Crippen molar-refractivity contribution in [3.05, 3.63) is 86.2 Å². The van der Waals surface area contributed by atoms with Gasteiger partial charge in [0, 0.05) is 23.3 Å². The molecule has 2 aromatic carbocycles. The summed E-state index contributed by atoms with van der Waals surface area (Å²) in [5.74, 6) is 2.29. The van der Waals surface area contributed by atoms with Crippen LogP contribution < -0.4 is 4.74 Å². The molecule has 0 aromatic heterocycles. The fourth-order valence-electron chi connectivity index (χ4n) is 4.04. The summed E-state index contributed by atoms with van der Waals surface area (Å²) in [5, 5.41) is 0. The topological polar surface area (TPSA) is 68.9 Å². The van der Waals surface area contributed by atoms with Crippen LogP contribution in [-0.2, 0) is 36.7 Å². The average Bonchev–Trinajstić information content (AvgIpc) is 2.79. The van der Waals surface area contributed by atoms with Gasteiger partial charge in [-0.05, 0) is 41.9 Å². The van der Waals surface area contributed by atoms with Crippen LogP contribution in [0.2, 0.25) is 0 Å². The quantitative estimate of drug-likeness (QED) is 0.438. The average molecular weight is 444 g/mol. The molecule has 0 unspecified atom stereocenters. The molecule has 4 nitrogen and oxygen atoms in total. The van der Waals surface area contributed by atoms with E-state index >= 15 is 0 Å². The predicted octanol–water partition coefficient (Wildman–Crippen LogP) is 5.73. The Morgan fingerprint density at radius 2 is 1.27 bits per heavy atom. The van der Waals surface area contributed by atoms with Crippen molar-refractivity contribution in [1.29, 1.82) is 0 Å². The molecule has 1 saturated carbocycles. The summed E-state index contributed by atoms with van der Waals surface area (Å²) in [5.41, 5.74) is 1.54. The summed E-state index contributed by atoms with van der Waals surface area (Å²) in [7, 11) is 0. The second-order valence-corrected chi connectivity index (χ2v) is 7.58. The van der Waals surface area contributed by atoms with Gasteiger partial charge in [-0.1, -0.05) is 75.7 Å². The zero-order chi connectivity index (χ0) is 22.3. The first kappa shape index (κ1) is 30.2. The van der Waals surface area contributed by atoms with Crippen molar-refractivity contribution in [1.82, 2.24) is 0 Å². The number of para-hydroxylation sites is 1. The number of ether oxygens (including phenoxy) is 1. The molecule has 0 amide bonds. The number of rotatable bonds is 4. The molecule has 0 aliphatic heterocycles. The van der Waals surface area contributed by atoms with Gasteiger partial charge in [0.05, 0.1) is 0 Å². The van der Waals surface area contributed by atoms with Gasteiger partial charge in [0.15, 0.2) is 0 Å². The molecule has 5 heteroatoms. The Labute approximate surface area is 191 Å². The zero-order valence-corrected chi connectivity index (χ0v) is 18.9. The summed E-state index contributed by atoms with van der Waals surface area (Å²) in [6, 6.07) is 21.2. The van der Waals surface area contributed by atoms with E-state index < -0.39 is 0 Å². The Balaban J connectivity index is 0. The van der Waals surface area contributed by atoms with E-state index in [-0.39, 0.29) is 28.9 Å². The molecule has 0 bridgehead atoms. The minimum atomic E-state index is 0. The summed E-state index contributed by atoms with van der Waals surface area (Å²) in [6.45, 7) is 20.6. The van der Waals surface area contributed by atoms with Gasteiger partial charge in [-0.25, -0.2) is 0 Å². The summed E-state index contributed by atoms with van der Waals surface area (Å²) in [4.78, 5) is 0. The largest absolute Gasteiger partial charge is 0 e. The Kier molecular flexibility index (Phi) is 16.9. The maximum atomic E-state index is 7.50. The van der Waals surface area contributed by atoms with Gasteiger partial charge in [0.25, 0.3) is 0 Å². The maximum Gasteiger partial charge on any atom is 0 e. The van der Waals surface area contributed by atoms with Crippen molar-refractivity contribution in [3.63, 3.8) is 0 Å². The first-order valence-corrected chi connectivity index (χ1v) is 9.46. The third-order valence-corrected chi connectivity index (χ3v) is 5.53. The molecule has 1 aliphatic carbocycles. The van der Waals surface area contributed by atoms with Crippen molar-refractivity contribution in [3.8, 4) is 5.75 Å². The molecule has 30 heavy (non-hydrogen) atoms. The molecular formula is C25H28CrO4. The van der Waals surface area contributed by atoms with E-state index in [1.54, 1.807) is 0 Å². The van der Waals surface area contributed by atoms with Gasteiger partial charge in [0.1, 0.15) is 11.9 Å². The number of benzene rings is 2. The van der Waals surface area contributed by atoms with Crippen molar-refractivity contribution >= 4 is 0 Å². The standard InChI is InChI=1S/C22H28O.3CO.Cr/c1-17-14-15-20(22(2,3)18-10-6-4-7-11-18)21(16-17)23-19-12-8-5-9-13-19;3*1-2;/h4-13,17,20-21H,14-16H2,1-3H3;;;;/t17-,20-,21-;;;;/m1..../s1. The predicted molar refractivity (Wildman–Crippen MR) is 109 cm³/mol. The van der Waals surface area contributed by atoms with Crippen LogP contribution in [0.3, 0.4) is 0 Å². The molecule has 2 aromatic rings. The minimum Gasteiger partial charge on any atom is 0 e. The van der Waals surface area contributed by atoms with Crippen LogP contribution in [0.25, 0.3) is 0 Å². The van der Waals surface area contributed by atoms with Crippen LogP contribution in [-0.4, -0.2) is 6.10 Å². The van der Waals surface area contributed by atoms with Gasteiger partial charge in [-0.2, -0.15) is 0 Å². The summed E-state index contributed by atoms with van der Waals surface area (Å²) < 4.78 is 28.9. The smallest absolute Gasteiger partial charge is 0 e. The second kappa shape index (κ2) is 16.8. The Morgan fingerprint density at radius 3 is 1.77 bits per heavy atom. The van der Waals surface area contributed by atoms with Crippen LogP contribution in [0.5, 0.6) is 5.75 Å². The number of hydrogen-bond acceptors (Lipinski definition) is 1. The van der Waals surface area contributed by atoms with E-state index in [9.17, 15) is 0 Å². The fourth-order valence-corrected chi connectivity index (χ4v) is 4.04. The van der Waals surface area contributed by atoms with E-state index in [0.29, 0.717) is 5.92 Å². The van der Waals surface area contributed by atoms with E-state index in [1.807, 2.05) is 6.07 Å². The van der Waals surface area contributed by atoms with Crippen LogP contribution in [0.1, 0.15) is 45.6 Å². The van der Waals surface area contributed by atoms with Crippen LogP contribution in [0.4, 0.5) is 0 Å². The molecular weight excluding hydrogens is 416 g/mol. The SMILES string of the molecule is C[C@@H]1CC[C@@H](C(C)(C)c2ccccc2)[C@H](Oc2ccccc2)C1.[C-]#[O+].[C-]#[O+].[C-]#[O+].[Cr]. The summed E-state index contributed by atoms with van der Waals surface area (Å²) in [6.07, 6.45) is 3.97. The van der Waals surface area contributed by atoms with E-state index in [4.69, 9.17) is 18.7 Å². The fraction of sp³-hybridized carbons (Fsp3) is 0.400. The molecule has 1 fully saturated rings. The van der Waals surface area contributed by atoms with Gasteiger partial charge in [0.2, 0.25) is 0 Å². The van der Waals surface area contributed by atoms with E-state index in [0.717, 1.165) is 18.1 Å². The van der Waals surface area contributed by atoms with Crippen LogP contribution in [0.15, 0.2) is 60.7 Å². The first-order valence-electron chi connectivity index (χ1n) is 9.46. The van der Waals surface area contributed by atoms with E-state index in [2.05, 4.69) is 95.3 Å². The normalized spacial score (nSPS) is 19.4.